The summed E-state index contributed by atoms with van der Waals surface area (Å²) >= 11 is 3.26. The molecule has 1 saturated carbocycles. The van der Waals surface area contributed by atoms with Crippen molar-refractivity contribution in [3.8, 4) is 0 Å². The van der Waals surface area contributed by atoms with E-state index < -0.39 is 5.82 Å². The van der Waals surface area contributed by atoms with Gasteiger partial charge in [0.1, 0.15) is 5.82 Å². The standard InChI is InChI=1S/C15H19BrFNO/c1-2-15(7-3-4-8-15)10-18-14(19)12-9-11(16)5-6-13(12)17/h5-6,9H,2-4,7-8,10H2,1H3,(H,18,19). The van der Waals surface area contributed by atoms with Gasteiger partial charge in [0.15, 0.2) is 0 Å². The number of nitrogens with one attached hydrogen (secondary N) is 1. The fourth-order valence-corrected chi connectivity index (χ4v) is 3.18. The Morgan fingerprint density at radius 1 is 1.42 bits per heavy atom. The van der Waals surface area contributed by atoms with Crippen LogP contribution in [0.1, 0.15) is 49.4 Å². The second-order valence-electron chi connectivity index (χ2n) is 5.37. The Bertz CT molecular complexity index is 469. The molecule has 1 aromatic rings. The number of rotatable bonds is 4. The Balaban J connectivity index is 2.03. The first-order valence-electron chi connectivity index (χ1n) is 6.79. The Morgan fingerprint density at radius 2 is 2.11 bits per heavy atom. The molecule has 1 aliphatic rings. The predicted octanol–water partition coefficient (Wildman–Crippen LogP) is 4.29. The number of benzene rings is 1. The molecule has 19 heavy (non-hydrogen) atoms. The summed E-state index contributed by atoms with van der Waals surface area (Å²) < 4.78 is 14.3. The Hall–Kier alpha value is -0.900. The van der Waals surface area contributed by atoms with Crippen LogP contribution in [0.15, 0.2) is 22.7 Å². The van der Waals surface area contributed by atoms with Crippen LogP contribution in [0.25, 0.3) is 0 Å². The molecule has 2 rings (SSSR count). The fraction of sp³-hybridized carbons (Fsp3) is 0.533. The number of halogens is 2. The van der Waals surface area contributed by atoms with E-state index in [-0.39, 0.29) is 16.9 Å². The van der Waals surface area contributed by atoms with Crippen molar-refractivity contribution in [3.63, 3.8) is 0 Å². The van der Waals surface area contributed by atoms with E-state index in [0.717, 1.165) is 19.3 Å². The highest BCUT2D eigenvalue weighted by Crippen LogP contribution is 2.40. The van der Waals surface area contributed by atoms with E-state index in [1.165, 1.54) is 25.0 Å². The number of carbonyl (C=O) groups excluding carboxylic acids is 1. The van der Waals surface area contributed by atoms with Crippen molar-refractivity contribution in [2.45, 2.75) is 39.0 Å². The van der Waals surface area contributed by atoms with Gasteiger partial charge in [0.05, 0.1) is 5.56 Å². The van der Waals surface area contributed by atoms with Crippen LogP contribution in [0, 0.1) is 11.2 Å². The average Bonchev–Trinajstić information content (AvgIpc) is 2.88. The zero-order valence-corrected chi connectivity index (χ0v) is 12.7. The number of carbonyl (C=O) groups is 1. The Labute approximate surface area is 121 Å². The molecular weight excluding hydrogens is 309 g/mol. The van der Waals surface area contributed by atoms with Crippen LogP contribution in [-0.2, 0) is 0 Å². The average molecular weight is 328 g/mol. The van der Waals surface area contributed by atoms with Crippen LogP contribution in [-0.4, -0.2) is 12.5 Å². The molecular formula is C15H19BrFNO. The van der Waals surface area contributed by atoms with Crippen molar-refractivity contribution >= 4 is 21.8 Å². The van der Waals surface area contributed by atoms with Crippen molar-refractivity contribution in [1.29, 1.82) is 0 Å². The summed E-state index contributed by atoms with van der Waals surface area (Å²) in [6.45, 7) is 2.81. The summed E-state index contributed by atoms with van der Waals surface area (Å²) in [5.41, 5.74) is 0.330. The smallest absolute Gasteiger partial charge is 0.254 e. The molecule has 0 radical (unpaired) electrons. The Morgan fingerprint density at radius 3 is 2.74 bits per heavy atom. The molecule has 0 heterocycles. The normalized spacial score (nSPS) is 17.4. The lowest BCUT2D eigenvalue weighted by Crippen LogP contribution is -2.36. The summed E-state index contributed by atoms with van der Waals surface area (Å²) in [6, 6.07) is 4.43. The topological polar surface area (TPSA) is 29.1 Å². The number of amides is 1. The van der Waals surface area contributed by atoms with Gasteiger partial charge in [-0.05, 0) is 42.9 Å². The van der Waals surface area contributed by atoms with E-state index >= 15 is 0 Å². The molecule has 4 heteroatoms. The van der Waals surface area contributed by atoms with Crippen molar-refractivity contribution < 1.29 is 9.18 Å². The van der Waals surface area contributed by atoms with Crippen molar-refractivity contribution in [3.05, 3.63) is 34.1 Å². The highest BCUT2D eigenvalue weighted by Gasteiger charge is 2.32. The molecule has 1 amide bonds. The SMILES string of the molecule is CCC1(CNC(=O)c2cc(Br)ccc2F)CCCC1. The molecule has 0 atom stereocenters. The summed E-state index contributed by atoms with van der Waals surface area (Å²) in [5.74, 6) is -0.795. The van der Waals surface area contributed by atoms with Gasteiger partial charge in [-0.3, -0.25) is 4.79 Å². The van der Waals surface area contributed by atoms with Crippen LogP contribution < -0.4 is 5.32 Å². The summed E-state index contributed by atoms with van der Waals surface area (Å²) in [7, 11) is 0. The Kier molecular flexibility index (Phi) is 4.61. The third kappa shape index (κ3) is 3.35. The highest BCUT2D eigenvalue weighted by molar-refractivity contribution is 9.10. The molecule has 1 aliphatic carbocycles. The number of hydrogen-bond acceptors (Lipinski definition) is 1. The van der Waals surface area contributed by atoms with Gasteiger partial charge >= 0.3 is 0 Å². The molecule has 0 saturated heterocycles. The first-order valence-corrected chi connectivity index (χ1v) is 7.59. The van der Waals surface area contributed by atoms with Crippen LogP contribution >= 0.6 is 15.9 Å². The van der Waals surface area contributed by atoms with Crippen molar-refractivity contribution in [2.24, 2.45) is 5.41 Å². The zero-order chi connectivity index (χ0) is 13.9. The van der Waals surface area contributed by atoms with Crippen LogP contribution in [0.3, 0.4) is 0 Å². The first-order chi connectivity index (χ1) is 9.06. The van der Waals surface area contributed by atoms with E-state index in [1.54, 1.807) is 6.07 Å². The summed E-state index contributed by atoms with van der Waals surface area (Å²) in [6.07, 6.45) is 5.84. The van der Waals surface area contributed by atoms with Crippen LogP contribution in [0.2, 0.25) is 0 Å². The molecule has 0 unspecified atom stereocenters. The van der Waals surface area contributed by atoms with E-state index in [0.29, 0.717) is 11.0 Å². The minimum atomic E-state index is -0.474. The van der Waals surface area contributed by atoms with Gasteiger partial charge in [-0.1, -0.05) is 35.7 Å². The summed E-state index contributed by atoms with van der Waals surface area (Å²) in [5, 5.41) is 2.90. The molecule has 1 N–H and O–H groups in total. The number of hydrogen-bond donors (Lipinski definition) is 1. The van der Waals surface area contributed by atoms with Gasteiger partial charge < -0.3 is 5.32 Å². The fourth-order valence-electron chi connectivity index (χ4n) is 2.81. The summed E-state index contributed by atoms with van der Waals surface area (Å²) in [4.78, 5) is 12.1. The zero-order valence-electron chi connectivity index (χ0n) is 11.1. The third-order valence-corrected chi connectivity index (χ3v) is 4.70. The quantitative estimate of drug-likeness (QED) is 0.878. The van der Waals surface area contributed by atoms with Gasteiger partial charge in [0.25, 0.3) is 5.91 Å². The van der Waals surface area contributed by atoms with Crippen molar-refractivity contribution in [2.75, 3.05) is 6.54 Å². The van der Waals surface area contributed by atoms with Gasteiger partial charge in [-0.2, -0.15) is 0 Å². The molecule has 1 aromatic carbocycles. The third-order valence-electron chi connectivity index (χ3n) is 4.21. The molecule has 0 aromatic heterocycles. The van der Waals surface area contributed by atoms with E-state index in [4.69, 9.17) is 0 Å². The van der Waals surface area contributed by atoms with E-state index in [1.807, 2.05) is 0 Å². The second kappa shape index (κ2) is 6.04. The minimum absolute atomic E-state index is 0.110. The molecule has 0 aliphatic heterocycles. The molecule has 0 spiro atoms. The largest absolute Gasteiger partial charge is 0.351 e. The van der Waals surface area contributed by atoms with Gasteiger partial charge in [-0.15, -0.1) is 0 Å². The first kappa shape index (κ1) is 14.5. The monoisotopic (exact) mass is 327 g/mol. The second-order valence-corrected chi connectivity index (χ2v) is 6.28. The van der Waals surface area contributed by atoms with Gasteiger partial charge in [-0.25, -0.2) is 4.39 Å². The van der Waals surface area contributed by atoms with Gasteiger partial charge in [0.2, 0.25) is 0 Å². The van der Waals surface area contributed by atoms with E-state index in [2.05, 4.69) is 28.2 Å². The lowest BCUT2D eigenvalue weighted by Gasteiger charge is -2.27. The maximum absolute atomic E-state index is 13.6. The molecule has 2 nitrogen and oxygen atoms in total. The van der Waals surface area contributed by atoms with Crippen molar-refractivity contribution in [1.82, 2.24) is 5.32 Å². The minimum Gasteiger partial charge on any atom is -0.351 e. The van der Waals surface area contributed by atoms with Crippen LogP contribution in [0.4, 0.5) is 4.39 Å². The highest BCUT2D eigenvalue weighted by atomic mass is 79.9. The lowest BCUT2D eigenvalue weighted by molar-refractivity contribution is 0.0924. The lowest BCUT2D eigenvalue weighted by atomic mass is 9.83. The molecule has 1 fully saturated rings. The van der Waals surface area contributed by atoms with E-state index in [9.17, 15) is 9.18 Å². The molecule has 0 bridgehead atoms. The molecule has 104 valence electrons. The predicted molar refractivity (Wildman–Crippen MR) is 77.6 cm³/mol. The van der Waals surface area contributed by atoms with Crippen LogP contribution in [0.5, 0.6) is 0 Å². The van der Waals surface area contributed by atoms with Gasteiger partial charge in [0, 0.05) is 11.0 Å². The maximum Gasteiger partial charge on any atom is 0.254 e. The maximum atomic E-state index is 13.6.